The summed E-state index contributed by atoms with van der Waals surface area (Å²) in [7, 11) is 1.63. The molecule has 0 saturated heterocycles. The highest BCUT2D eigenvalue weighted by Crippen LogP contribution is 2.09. The van der Waals surface area contributed by atoms with Gasteiger partial charge in [0.05, 0.1) is 25.4 Å². The van der Waals surface area contributed by atoms with Gasteiger partial charge in [-0.1, -0.05) is 6.07 Å². The van der Waals surface area contributed by atoms with Crippen molar-refractivity contribution >= 4 is 18.6 Å². The zero-order valence-electron chi connectivity index (χ0n) is 10.4. The average Bonchev–Trinajstić information content (AvgIpc) is 2.37. The first kappa shape index (κ1) is 15.0. The summed E-state index contributed by atoms with van der Waals surface area (Å²) in [6.45, 7) is 2.05. The summed E-state index contributed by atoms with van der Waals surface area (Å²) >= 11 is 4.17. The highest BCUT2D eigenvalue weighted by Gasteiger charge is 2.06. The lowest BCUT2D eigenvalue weighted by molar-refractivity contribution is 0.0385. The summed E-state index contributed by atoms with van der Waals surface area (Å²) in [5, 5.41) is 0. The normalized spacial score (nSPS) is 10.3. The van der Waals surface area contributed by atoms with Gasteiger partial charge in [0.2, 0.25) is 0 Å². The van der Waals surface area contributed by atoms with Crippen LogP contribution in [-0.4, -0.2) is 39.5 Å². The Kier molecular flexibility index (Phi) is 7.48. The van der Waals surface area contributed by atoms with Gasteiger partial charge in [-0.05, 0) is 18.2 Å². The third-order valence-electron chi connectivity index (χ3n) is 2.18. The smallest absolute Gasteiger partial charge is 0.338 e. The maximum absolute atomic E-state index is 11.6. The van der Waals surface area contributed by atoms with E-state index in [4.69, 9.17) is 14.2 Å². The van der Waals surface area contributed by atoms with Crippen LogP contribution in [0.3, 0.4) is 0 Å². The maximum Gasteiger partial charge on any atom is 0.338 e. The molecule has 0 N–H and O–H groups in total. The number of thiol groups is 1. The molecule has 1 aromatic rings. The molecular weight excluding hydrogens is 252 g/mol. The number of benzene rings is 1. The molecule has 0 fully saturated rings. The average molecular weight is 270 g/mol. The number of hydrogen-bond acceptors (Lipinski definition) is 5. The summed E-state index contributed by atoms with van der Waals surface area (Å²) in [6.07, 6.45) is 0.677. The molecule has 0 aliphatic rings. The van der Waals surface area contributed by atoms with E-state index in [2.05, 4.69) is 12.6 Å². The molecule has 0 unspecified atom stereocenters. The van der Waals surface area contributed by atoms with Crippen LogP contribution in [0.1, 0.15) is 16.8 Å². The Balaban J connectivity index is 2.14. The van der Waals surface area contributed by atoms with Crippen LogP contribution in [0.2, 0.25) is 0 Å². The zero-order chi connectivity index (χ0) is 13.2. The topological polar surface area (TPSA) is 44.8 Å². The number of methoxy groups -OCH3 is 1. The van der Waals surface area contributed by atoms with Gasteiger partial charge in [-0.2, -0.15) is 0 Å². The molecule has 0 aliphatic heterocycles. The highest BCUT2D eigenvalue weighted by atomic mass is 32.1. The third kappa shape index (κ3) is 6.05. The second-order valence-electron chi connectivity index (χ2n) is 3.64. The van der Waals surface area contributed by atoms with Crippen LogP contribution in [0.25, 0.3) is 0 Å². The van der Waals surface area contributed by atoms with Gasteiger partial charge in [-0.25, -0.2) is 4.79 Å². The molecule has 0 spiro atoms. The van der Waals surface area contributed by atoms with Crippen molar-refractivity contribution < 1.29 is 19.0 Å². The van der Waals surface area contributed by atoms with Crippen LogP contribution in [0.5, 0.6) is 0 Å². The minimum Gasteiger partial charge on any atom is -0.462 e. The molecule has 0 heterocycles. The second kappa shape index (κ2) is 8.97. The molecule has 0 saturated carbocycles. The van der Waals surface area contributed by atoms with Crippen LogP contribution in [0.4, 0.5) is 0 Å². The Morgan fingerprint density at radius 2 is 2.06 bits per heavy atom. The second-order valence-corrected chi connectivity index (χ2v) is 4.16. The van der Waals surface area contributed by atoms with Crippen LogP contribution in [0, 0.1) is 0 Å². The van der Waals surface area contributed by atoms with E-state index in [1.54, 1.807) is 25.3 Å². The third-order valence-corrected chi connectivity index (χ3v) is 2.46. The van der Waals surface area contributed by atoms with Crippen molar-refractivity contribution in [3.05, 3.63) is 29.8 Å². The lowest BCUT2D eigenvalue weighted by Gasteiger charge is -2.06. The SMILES string of the molecule is COCCOCCCOC(=O)c1cccc(S)c1. The van der Waals surface area contributed by atoms with Crippen LogP contribution >= 0.6 is 12.6 Å². The molecule has 18 heavy (non-hydrogen) atoms. The van der Waals surface area contributed by atoms with Crippen molar-refractivity contribution in [3.8, 4) is 0 Å². The molecule has 5 heteroatoms. The molecular formula is C13H18O4S. The summed E-state index contributed by atoms with van der Waals surface area (Å²) < 4.78 is 15.2. The fourth-order valence-corrected chi connectivity index (χ4v) is 1.51. The summed E-state index contributed by atoms with van der Waals surface area (Å²) in [4.78, 5) is 12.4. The minimum atomic E-state index is -0.331. The van der Waals surface area contributed by atoms with Crippen LogP contribution in [0.15, 0.2) is 29.2 Å². The first-order chi connectivity index (χ1) is 8.74. The van der Waals surface area contributed by atoms with E-state index in [0.29, 0.717) is 38.4 Å². The fraction of sp³-hybridized carbons (Fsp3) is 0.462. The van der Waals surface area contributed by atoms with E-state index < -0.39 is 0 Å². The number of ether oxygens (including phenoxy) is 3. The standard InChI is InChI=1S/C13H18O4S/c1-15-8-9-16-6-3-7-17-13(14)11-4-2-5-12(18)10-11/h2,4-5,10,18H,3,6-9H2,1H3. The summed E-state index contributed by atoms with van der Waals surface area (Å²) in [5.74, 6) is -0.331. The van der Waals surface area contributed by atoms with E-state index in [1.807, 2.05) is 6.07 Å². The molecule has 0 aromatic heterocycles. The highest BCUT2D eigenvalue weighted by molar-refractivity contribution is 7.80. The molecule has 4 nitrogen and oxygen atoms in total. The number of esters is 1. The predicted molar refractivity (Wildman–Crippen MR) is 71.3 cm³/mol. The Labute approximate surface area is 113 Å². The Morgan fingerprint density at radius 1 is 1.22 bits per heavy atom. The van der Waals surface area contributed by atoms with Crippen LogP contribution < -0.4 is 0 Å². The number of carbonyl (C=O) groups is 1. The molecule has 0 bridgehead atoms. The molecule has 0 radical (unpaired) electrons. The van der Waals surface area contributed by atoms with Crippen LogP contribution in [-0.2, 0) is 14.2 Å². The zero-order valence-corrected chi connectivity index (χ0v) is 11.3. The van der Waals surface area contributed by atoms with E-state index in [9.17, 15) is 4.79 Å². The maximum atomic E-state index is 11.6. The first-order valence-corrected chi connectivity index (χ1v) is 6.21. The Hall–Kier alpha value is -1.04. The van der Waals surface area contributed by atoms with Crippen molar-refractivity contribution in [2.75, 3.05) is 33.5 Å². The number of hydrogen-bond donors (Lipinski definition) is 1. The van der Waals surface area contributed by atoms with Crippen molar-refractivity contribution in [2.24, 2.45) is 0 Å². The largest absolute Gasteiger partial charge is 0.462 e. The quantitative estimate of drug-likeness (QED) is 0.447. The monoisotopic (exact) mass is 270 g/mol. The van der Waals surface area contributed by atoms with Gasteiger partial charge in [0.1, 0.15) is 0 Å². The molecule has 100 valence electrons. The number of carbonyl (C=O) groups excluding carboxylic acids is 1. The summed E-state index contributed by atoms with van der Waals surface area (Å²) in [5.41, 5.74) is 0.516. The van der Waals surface area contributed by atoms with Gasteiger partial charge in [-0.3, -0.25) is 0 Å². The molecule has 1 rings (SSSR count). The van der Waals surface area contributed by atoms with Crippen molar-refractivity contribution in [1.29, 1.82) is 0 Å². The molecule has 0 atom stereocenters. The predicted octanol–water partition coefficient (Wildman–Crippen LogP) is 2.19. The van der Waals surface area contributed by atoms with E-state index in [0.717, 1.165) is 4.90 Å². The lowest BCUT2D eigenvalue weighted by Crippen LogP contribution is -2.09. The van der Waals surface area contributed by atoms with Gasteiger partial charge in [0.25, 0.3) is 0 Å². The fourth-order valence-electron chi connectivity index (χ4n) is 1.29. The van der Waals surface area contributed by atoms with Crippen molar-refractivity contribution in [2.45, 2.75) is 11.3 Å². The minimum absolute atomic E-state index is 0.331. The summed E-state index contributed by atoms with van der Waals surface area (Å²) in [6, 6.07) is 6.97. The van der Waals surface area contributed by atoms with Crippen molar-refractivity contribution in [1.82, 2.24) is 0 Å². The van der Waals surface area contributed by atoms with Gasteiger partial charge in [0, 0.05) is 25.0 Å². The van der Waals surface area contributed by atoms with E-state index in [-0.39, 0.29) is 5.97 Å². The van der Waals surface area contributed by atoms with Crippen molar-refractivity contribution in [3.63, 3.8) is 0 Å². The van der Waals surface area contributed by atoms with E-state index >= 15 is 0 Å². The van der Waals surface area contributed by atoms with Gasteiger partial charge in [-0.15, -0.1) is 12.6 Å². The van der Waals surface area contributed by atoms with Gasteiger partial charge >= 0.3 is 5.97 Å². The molecule has 0 amide bonds. The molecule has 1 aromatic carbocycles. The Morgan fingerprint density at radius 3 is 2.78 bits per heavy atom. The number of rotatable bonds is 8. The van der Waals surface area contributed by atoms with E-state index in [1.165, 1.54) is 0 Å². The lowest BCUT2D eigenvalue weighted by atomic mass is 10.2. The Bertz CT molecular complexity index is 368. The van der Waals surface area contributed by atoms with Gasteiger partial charge < -0.3 is 14.2 Å². The first-order valence-electron chi connectivity index (χ1n) is 5.77. The van der Waals surface area contributed by atoms with Gasteiger partial charge in [0.15, 0.2) is 0 Å². The molecule has 0 aliphatic carbocycles.